The van der Waals surface area contributed by atoms with E-state index in [9.17, 15) is 0 Å². The molecule has 0 radical (unpaired) electrons. The molecular formula is C6H12N4S. The van der Waals surface area contributed by atoms with Gasteiger partial charge in [0.05, 0.1) is 6.04 Å². The van der Waals surface area contributed by atoms with Crippen LogP contribution in [0, 0.1) is 4.77 Å². The molecule has 3 N–H and O–H groups in total. The van der Waals surface area contributed by atoms with Crippen molar-refractivity contribution in [2.45, 2.75) is 26.4 Å². The van der Waals surface area contributed by atoms with Crippen LogP contribution in [0.3, 0.4) is 0 Å². The van der Waals surface area contributed by atoms with Gasteiger partial charge in [-0.1, -0.05) is 0 Å². The molecule has 1 aromatic rings. The number of aromatic nitrogens is 3. The molecule has 0 saturated carbocycles. The molecule has 0 aliphatic rings. The van der Waals surface area contributed by atoms with Gasteiger partial charge in [-0.15, -0.1) is 0 Å². The van der Waals surface area contributed by atoms with E-state index in [1.54, 1.807) is 0 Å². The van der Waals surface area contributed by atoms with Crippen molar-refractivity contribution in [3.63, 3.8) is 0 Å². The Hall–Kier alpha value is -0.680. The highest BCUT2D eigenvalue weighted by atomic mass is 32.1. The number of hydrogen-bond acceptors (Lipinski definition) is 3. The Morgan fingerprint density at radius 2 is 2.45 bits per heavy atom. The van der Waals surface area contributed by atoms with E-state index >= 15 is 0 Å². The van der Waals surface area contributed by atoms with Gasteiger partial charge in [-0.2, -0.15) is 5.10 Å². The third kappa shape index (κ3) is 1.49. The summed E-state index contributed by atoms with van der Waals surface area (Å²) in [4.78, 5) is 0. The van der Waals surface area contributed by atoms with Gasteiger partial charge < -0.3 is 10.3 Å². The molecule has 0 aromatic carbocycles. The zero-order valence-electron chi connectivity index (χ0n) is 6.66. The molecule has 0 aliphatic carbocycles. The van der Waals surface area contributed by atoms with E-state index in [-0.39, 0.29) is 6.04 Å². The van der Waals surface area contributed by atoms with Gasteiger partial charge in [-0.05, 0) is 26.1 Å². The molecule has 5 heteroatoms. The minimum atomic E-state index is -0.0668. The van der Waals surface area contributed by atoms with Crippen LogP contribution in [0.5, 0.6) is 0 Å². The zero-order chi connectivity index (χ0) is 8.43. The second-order valence-corrected chi connectivity index (χ2v) is 2.81. The third-order valence-electron chi connectivity index (χ3n) is 1.51. The maximum Gasteiger partial charge on any atom is 0.195 e. The summed E-state index contributed by atoms with van der Waals surface area (Å²) in [5, 5.41) is 6.71. The largest absolute Gasteiger partial charge is 0.322 e. The average Bonchev–Trinajstić information content (AvgIpc) is 2.30. The first-order valence-electron chi connectivity index (χ1n) is 3.57. The summed E-state index contributed by atoms with van der Waals surface area (Å²) >= 11 is 4.98. The fourth-order valence-electron chi connectivity index (χ4n) is 0.983. The summed E-state index contributed by atoms with van der Waals surface area (Å²) < 4.78 is 2.53. The standard InChI is InChI=1S/C6H12N4S/c1-3-10-5(4(2)7)8-9-6(10)11/h4H,3,7H2,1-2H3,(H,9,11)/t4-/m1/s1. The maximum absolute atomic E-state index is 5.65. The lowest BCUT2D eigenvalue weighted by Crippen LogP contribution is -2.12. The summed E-state index contributed by atoms with van der Waals surface area (Å²) in [5.74, 6) is 0.817. The number of aromatic amines is 1. The van der Waals surface area contributed by atoms with E-state index in [0.29, 0.717) is 4.77 Å². The Balaban J connectivity index is 3.16. The van der Waals surface area contributed by atoms with Crippen LogP contribution in [0.4, 0.5) is 0 Å². The van der Waals surface area contributed by atoms with Crippen LogP contribution in [-0.2, 0) is 6.54 Å². The number of hydrogen-bond donors (Lipinski definition) is 2. The van der Waals surface area contributed by atoms with Crippen molar-refractivity contribution in [1.82, 2.24) is 14.8 Å². The molecule has 1 atom stereocenters. The fourth-order valence-corrected chi connectivity index (χ4v) is 1.25. The van der Waals surface area contributed by atoms with Gasteiger partial charge in [0.25, 0.3) is 0 Å². The molecule has 1 heterocycles. The molecule has 62 valence electrons. The van der Waals surface area contributed by atoms with Gasteiger partial charge in [0.1, 0.15) is 5.82 Å². The lowest BCUT2D eigenvalue weighted by atomic mass is 10.3. The smallest absolute Gasteiger partial charge is 0.195 e. The number of rotatable bonds is 2. The lowest BCUT2D eigenvalue weighted by molar-refractivity contribution is 0.632. The summed E-state index contributed by atoms with van der Waals surface area (Å²) in [6, 6.07) is -0.0668. The predicted octanol–water partition coefficient (Wildman–Crippen LogP) is 0.980. The molecule has 11 heavy (non-hydrogen) atoms. The van der Waals surface area contributed by atoms with Crippen LogP contribution in [0.25, 0.3) is 0 Å². The number of nitrogens with zero attached hydrogens (tertiary/aromatic N) is 2. The first-order valence-corrected chi connectivity index (χ1v) is 3.98. The number of H-pyrrole nitrogens is 1. The molecule has 0 spiro atoms. The third-order valence-corrected chi connectivity index (χ3v) is 1.82. The molecule has 0 unspecified atom stereocenters. The Kier molecular flexibility index (Phi) is 2.41. The molecule has 0 bridgehead atoms. The maximum atomic E-state index is 5.65. The SMILES string of the molecule is CCn1c([C@@H](C)N)n[nH]c1=S. The topological polar surface area (TPSA) is 59.6 Å². The highest BCUT2D eigenvalue weighted by Crippen LogP contribution is 2.05. The van der Waals surface area contributed by atoms with Crippen molar-refractivity contribution in [2.75, 3.05) is 0 Å². The molecule has 1 aromatic heterocycles. The van der Waals surface area contributed by atoms with Crippen molar-refractivity contribution in [3.8, 4) is 0 Å². The van der Waals surface area contributed by atoms with Gasteiger partial charge in [0, 0.05) is 6.54 Å². The monoisotopic (exact) mass is 172 g/mol. The van der Waals surface area contributed by atoms with Gasteiger partial charge in [0.2, 0.25) is 0 Å². The molecule has 4 nitrogen and oxygen atoms in total. The molecular weight excluding hydrogens is 160 g/mol. The Bertz CT molecular complexity index is 285. The highest BCUT2D eigenvalue weighted by molar-refractivity contribution is 7.71. The van der Waals surface area contributed by atoms with Crippen LogP contribution in [0.2, 0.25) is 0 Å². The molecule has 0 aliphatic heterocycles. The van der Waals surface area contributed by atoms with Gasteiger partial charge in [-0.25, -0.2) is 0 Å². The minimum absolute atomic E-state index is 0.0668. The van der Waals surface area contributed by atoms with Gasteiger partial charge in [-0.3, -0.25) is 5.10 Å². The summed E-state index contributed by atoms with van der Waals surface area (Å²) in [7, 11) is 0. The average molecular weight is 172 g/mol. The van der Waals surface area contributed by atoms with E-state index < -0.39 is 0 Å². The zero-order valence-corrected chi connectivity index (χ0v) is 7.48. The highest BCUT2D eigenvalue weighted by Gasteiger charge is 2.07. The van der Waals surface area contributed by atoms with Crippen molar-refractivity contribution in [2.24, 2.45) is 5.73 Å². The van der Waals surface area contributed by atoms with Gasteiger partial charge in [0.15, 0.2) is 4.77 Å². The van der Waals surface area contributed by atoms with Crippen LogP contribution in [0.15, 0.2) is 0 Å². The lowest BCUT2D eigenvalue weighted by Gasteiger charge is -2.04. The number of nitrogens with two attached hydrogens (primary N) is 1. The van der Waals surface area contributed by atoms with Crippen molar-refractivity contribution < 1.29 is 0 Å². The van der Waals surface area contributed by atoms with Gasteiger partial charge >= 0.3 is 0 Å². The molecule has 1 rings (SSSR count). The summed E-state index contributed by atoms with van der Waals surface area (Å²) in [5.41, 5.74) is 5.65. The van der Waals surface area contributed by atoms with Crippen molar-refractivity contribution >= 4 is 12.2 Å². The molecule has 0 fully saturated rings. The van der Waals surface area contributed by atoms with Crippen LogP contribution < -0.4 is 5.73 Å². The van der Waals surface area contributed by atoms with E-state index in [1.807, 2.05) is 18.4 Å². The van der Waals surface area contributed by atoms with Crippen molar-refractivity contribution in [1.29, 1.82) is 0 Å². The second kappa shape index (κ2) is 3.15. The Labute approximate surface area is 70.4 Å². The first-order chi connectivity index (χ1) is 5.16. The van der Waals surface area contributed by atoms with Crippen LogP contribution in [-0.4, -0.2) is 14.8 Å². The van der Waals surface area contributed by atoms with E-state index in [1.165, 1.54) is 0 Å². The van der Waals surface area contributed by atoms with Crippen LogP contribution in [0.1, 0.15) is 25.7 Å². The van der Waals surface area contributed by atoms with E-state index in [2.05, 4.69) is 10.2 Å². The fraction of sp³-hybridized carbons (Fsp3) is 0.667. The number of nitrogens with one attached hydrogen (secondary N) is 1. The first kappa shape index (κ1) is 8.42. The van der Waals surface area contributed by atoms with E-state index in [0.717, 1.165) is 12.4 Å². The second-order valence-electron chi connectivity index (χ2n) is 2.42. The summed E-state index contributed by atoms with van der Waals surface area (Å²) in [6.45, 7) is 4.71. The van der Waals surface area contributed by atoms with Crippen molar-refractivity contribution in [3.05, 3.63) is 10.6 Å². The summed E-state index contributed by atoms with van der Waals surface area (Å²) in [6.07, 6.45) is 0. The quantitative estimate of drug-likeness (QED) is 0.654. The Morgan fingerprint density at radius 1 is 1.82 bits per heavy atom. The predicted molar refractivity (Wildman–Crippen MR) is 45.7 cm³/mol. The molecule has 0 saturated heterocycles. The minimum Gasteiger partial charge on any atom is -0.322 e. The van der Waals surface area contributed by atoms with E-state index in [4.69, 9.17) is 18.0 Å². The normalized spacial score (nSPS) is 13.4. The van der Waals surface area contributed by atoms with Crippen LogP contribution >= 0.6 is 12.2 Å². The molecule has 0 amide bonds. The Morgan fingerprint density at radius 3 is 2.82 bits per heavy atom.